The number of hydrogen-bond donors (Lipinski definition) is 1. The van der Waals surface area contributed by atoms with Gasteiger partial charge in [-0.05, 0) is 5.56 Å². The molecule has 0 aromatic heterocycles. The minimum absolute atomic E-state index is 0.0722. The molecule has 0 saturated heterocycles. The van der Waals surface area contributed by atoms with Crippen molar-refractivity contribution in [3.8, 4) is 0 Å². The summed E-state index contributed by atoms with van der Waals surface area (Å²) in [5.41, 5.74) is 0.856. The van der Waals surface area contributed by atoms with Crippen LogP contribution in [0.4, 0.5) is 0 Å². The molecule has 0 fully saturated rings. The molecule has 0 aliphatic heterocycles. The maximum atomic E-state index is 11.5. The third-order valence-corrected chi connectivity index (χ3v) is 3.67. The highest BCUT2D eigenvalue weighted by atomic mass is 32.2. The van der Waals surface area contributed by atoms with Gasteiger partial charge in [0.1, 0.15) is 6.10 Å². The first kappa shape index (κ1) is 14.2. The molecule has 1 aromatic carbocycles. The second-order valence-electron chi connectivity index (χ2n) is 3.67. The Labute approximate surface area is 107 Å². The third kappa shape index (κ3) is 4.91. The van der Waals surface area contributed by atoms with Crippen LogP contribution in [-0.2, 0) is 16.6 Å². The van der Waals surface area contributed by atoms with E-state index in [9.17, 15) is 13.5 Å². The van der Waals surface area contributed by atoms with Crippen molar-refractivity contribution in [3.63, 3.8) is 0 Å². The van der Waals surface area contributed by atoms with Crippen LogP contribution < -0.4 is 0 Å². The zero-order chi connectivity index (χ0) is 12.9. The smallest absolute Gasteiger partial charge is 0.211 e. The Morgan fingerprint density at radius 1 is 1.41 bits per heavy atom. The summed E-state index contributed by atoms with van der Waals surface area (Å²) in [6, 6.07) is 9.17. The van der Waals surface area contributed by atoms with Gasteiger partial charge in [-0.2, -0.15) is 4.31 Å². The van der Waals surface area contributed by atoms with E-state index in [-0.39, 0.29) is 13.1 Å². The summed E-state index contributed by atoms with van der Waals surface area (Å²) in [6.07, 6.45) is 0.0508. The molecule has 1 aromatic rings. The number of nitrogens with zero attached hydrogens (tertiary/aromatic N) is 1. The molecule has 0 aliphatic rings. The van der Waals surface area contributed by atoms with E-state index in [2.05, 4.69) is 17.6 Å². The van der Waals surface area contributed by atoms with E-state index in [1.807, 2.05) is 30.3 Å². The van der Waals surface area contributed by atoms with Crippen LogP contribution in [0.15, 0.2) is 30.3 Å². The summed E-state index contributed by atoms with van der Waals surface area (Å²) in [7, 11) is -3.38. The van der Waals surface area contributed by atoms with Gasteiger partial charge in [0.2, 0.25) is 10.0 Å². The van der Waals surface area contributed by atoms with Crippen molar-refractivity contribution in [2.45, 2.75) is 12.6 Å². The molecule has 1 unspecified atom stereocenters. The van der Waals surface area contributed by atoms with Gasteiger partial charge >= 0.3 is 0 Å². The van der Waals surface area contributed by atoms with Crippen LogP contribution in [0.2, 0.25) is 0 Å². The molecule has 1 atom stereocenters. The summed E-state index contributed by atoms with van der Waals surface area (Å²) < 4.78 is 24.3. The lowest BCUT2D eigenvalue weighted by atomic mass is 10.2. The molecule has 1 N–H and O–H groups in total. The Hall–Kier alpha value is -0.820. The predicted octanol–water partition coefficient (Wildman–Crippen LogP) is 0.686. The molecule has 17 heavy (non-hydrogen) atoms. The molecular weight excluding hydrogens is 258 g/mol. The molecule has 0 spiro atoms. The first-order chi connectivity index (χ1) is 7.93. The Morgan fingerprint density at radius 2 is 2.00 bits per heavy atom. The summed E-state index contributed by atoms with van der Waals surface area (Å²) in [6.45, 7) is 0.144. The quantitative estimate of drug-likeness (QED) is 0.774. The fourth-order valence-corrected chi connectivity index (χ4v) is 2.20. The van der Waals surface area contributed by atoms with E-state index in [4.69, 9.17) is 0 Å². The lowest BCUT2D eigenvalue weighted by Crippen LogP contribution is -2.36. The van der Waals surface area contributed by atoms with Crippen molar-refractivity contribution in [1.82, 2.24) is 4.31 Å². The standard InChI is InChI=1S/C11H14NO3S2/c1-17(14,15)12(8-11(13)9-16)7-10-5-3-2-4-6-10/h2-6,11,13H,7-8H2,1H3. The minimum atomic E-state index is -3.38. The zero-order valence-electron chi connectivity index (χ0n) is 9.41. The number of sulfonamides is 1. The lowest BCUT2D eigenvalue weighted by molar-refractivity contribution is 0.208. The van der Waals surface area contributed by atoms with Gasteiger partial charge in [-0.15, -0.1) is 0 Å². The van der Waals surface area contributed by atoms with Crippen LogP contribution >= 0.6 is 12.2 Å². The van der Waals surface area contributed by atoms with E-state index in [1.165, 1.54) is 4.31 Å². The molecule has 6 heteroatoms. The van der Waals surface area contributed by atoms with E-state index < -0.39 is 16.1 Å². The van der Waals surface area contributed by atoms with Crippen LogP contribution in [0.1, 0.15) is 5.56 Å². The molecule has 0 amide bonds. The molecular formula is C11H14NO3S2. The number of aliphatic hydroxyl groups is 1. The minimum Gasteiger partial charge on any atom is -0.386 e. The Morgan fingerprint density at radius 3 is 2.47 bits per heavy atom. The highest BCUT2D eigenvalue weighted by Crippen LogP contribution is 2.08. The van der Waals surface area contributed by atoms with Crippen LogP contribution in [-0.4, -0.2) is 42.1 Å². The van der Waals surface area contributed by atoms with Crippen LogP contribution in [0.25, 0.3) is 0 Å². The number of rotatable bonds is 6. The van der Waals surface area contributed by atoms with Crippen molar-refractivity contribution in [1.29, 1.82) is 0 Å². The van der Waals surface area contributed by atoms with Crippen LogP contribution in [0.3, 0.4) is 0 Å². The van der Waals surface area contributed by atoms with Crippen molar-refractivity contribution in [2.75, 3.05) is 12.8 Å². The summed E-state index contributed by atoms with van der Waals surface area (Å²) in [5, 5.41) is 11.5. The molecule has 1 rings (SSSR count). The Bertz CT molecular complexity index is 459. The third-order valence-electron chi connectivity index (χ3n) is 2.18. The Balaban J connectivity index is 2.82. The van der Waals surface area contributed by atoms with Gasteiger partial charge in [0.05, 0.1) is 11.6 Å². The fourth-order valence-electron chi connectivity index (χ4n) is 1.33. The SMILES string of the molecule is CS(=O)(=O)N(Cc1ccccc1)CC(O)[C]=S. The molecule has 0 saturated carbocycles. The highest BCUT2D eigenvalue weighted by molar-refractivity contribution is 7.88. The van der Waals surface area contributed by atoms with Gasteiger partial charge in [0.25, 0.3) is 0 Å². The second-order valence-corrected chi connectivity index (χ2v) is 5.89. The average molecular weight is 272 g/mol. The van der Waals surface area contributed by atoms with E-state index in [1.54, 1.807) is 0 Å². The summed E-state index contributed by atoms with van der Waals surface area (Å²) in [4.78, 5) is 0. The van der Waals surface area contributed by atoms with Crippen molar-refractivity contribution in [3.05, 3.63) is 35.9 Å². The van der Waals surface area contributed by atoms with Crippen molar-refractivity contribution >= 4 is 27.6 Å². The highest BCUT2D eigenvalue weighted by Gasteiger charge is 2.19. The van der Waals surface area contributed by atoms with Gasteiger partial charge in [-0.1, -0.05) is 42.5 Å². The first-order valence-electron chi connectivity index (χ1n) is 4.98. The molecule has 0 heterocycles. The lowest BCUT2D eigenvalue weighted by Gasteiger charge is -2.21. The maximum Gasteiger partial charge on any atom is 0.211 e. The second kappa shape index (κ2) is 6.20. The molecule has 93 valence electrons. The fraction of sp³-hybridized carbons (Fsp3) is 0.364. The van der Waals surface area contributed by atoms with Gasteiger partial charge in [0, 0.05) is 13.1 Å². The molecule has 1 radical (unpaired) electrons. The first-order valence-corrected chi connectivity index (χ1v) is 7.24. The molecule has 0 bridgehead atoms. The van der Waals surface area contributed by atoms with E-state index in [0.29, 0.717) is 0 Å². The summed E-state index contributed by atoms with van der Waals surface area (Å²) >= 11 is 4.46. The van der Waals surface area contributed by atoms with E-state index in [0.717, 1.165) is 11.8 Å². The average Bonchev–Trinajstić information content (AvgIpc) is 2.28. The number of aliphatic hydroxyl groups excluding tert-OH is 1. The van der Waals surface area contributed by atoms with E-state index >= 15 is 0 Å². The number of thiocarbonyl (C=S) groups is 1. The molecule has 0 aliphatic carbocycles. The topological polar surface area (TPSA) is 57.6 Å². The van der Waals surface area contributed by atoms with Gasteiger partial charge in [0.15, 0.2) is 0 Å². The van der Waals surface area contributed by atoms with Crippen LogP contribution in [0.5, 0.6) is 0 Å². The van der Waals surface area contributed by atoms with Crippen LogP contribution in [0, 0.1) is 0 Å². The van der Waals surface area contributed by atoms with Gasteiger partial charge < -0.3 is 5.11 Å². The largest absolute Gasteiger partial charge is 0.386 e. The molecule has 4 nitrogen and oxygen atoms in total. The number of hydrogen-bond acceptors (Lipinski definition) is 4. The Kier molecular flexibility index (Phi) is 5.20. The van der Waals surface area contributed by atoms with Crippen molar-refractivity contribution < 1.29 is 13.5 Å². The predicted molar refractivity (Wildman–Crippen MR) is 70.3 cm³/mol. The number of benzene rings is 1. The van der Waals surface area contributed by atoms with Crippen molar-refractivity contribution in [2.24, 2.45) is 0 Å². The zero-order valence-corrected chi connectivity index (χ0v) is 11.0. The van der Waals surface area contributed by atoms with Gasteiger partial charge in [-0.3, -0.25) is 0 Å². The van der Waals surface area contributed by atoms with Gasteiger partial charge in [-0.25, -0.2) is 8.42 Å². The maximum absolute atomic E-state index is 11.5. The normalized spacial score (nSPS) is 13.6. The summed E-state index contributed by atoms with van der Waals surface area (Å²) in [5.74, 6) is 0. The monoisotopic (exact) mass is 272 g/mol.